The van der Waals surface area contributed by atoms with Crippen molar-refractivity contribution in [3.8, 4) is 0 Å². The zero-order chi connectivity index (χ0) is 3.41. The van der Waals surface area contributed by atoms with Crippen LogP contribution < -0.4 is 0 Å². The quantitative estimate of drug-likeness (QED) is 0.406. The van der Waals surface area contributed by atoms with Crippen LogP contribution in [0.1, 0.15) is 0 Å². The van der Waals surface area contributed by atoms with Crippen LogP contribution in [-0.4, -0.2) is 5.67 Å². The van der Waals surface area contributed by atoms with E-state index in [9.17, 15) is 0 Å². The van der Waals surface area contributed by atoms with Crippen LogP contribution in [0, 0.1) is 0 Å². The van der Waals surface area contributed by atoms with E-state index in [0.29, 0.717) is 0 Å². The molecule has 0 aliphatic rings. The van der Waals surface area contributed by atoms with Crippen LogP contribution in [0.15, 0.2) is 4.51 Å². The molecular weight excluding hydrogens is 96.9 g/mol. The van der Waals surface area contributed by atoms with Gasteiger partial charge in [-0.3, -0.25) is 0 Å². The van der Waals surface area contributed by atoms with Crippen molar-refractivity contribution in [2.24, 2.45) is 4.51 Å². The summed E-state index contributed by atoms with van der Waals surface area (Å²) >= 11 is 9.39. The Morgan fingerprint density at radius 3 is 2.00 bits per heavy atom. The third kappa shape index (κ3) is 2.25. The molecular formula is CHCl2N. The molecule has 4 heavy (non-hydrogen) atoms. The molecule has 0 atom stereocenters. The Morgan fingerprint density at radius 2 is 2.00 bits per heavy atom. The molecule has 0 rings (SSSR count). The maximum atomic E-state index is 4.76. The van der Waals surface area contributed by atoms with Gasteiger partial charge in [-0.1, -0.05) is 11.6 Å². The average molecular weight is 97.9 g/mol. The van der Waals surface area contributed by atoms with E-state index in [1.165, 1.54) is 0 Å². The normalized spacial score (nSPS) is 9.50. The van der Waals surface area contributed by atoms with Gasteiger partial charge in [-0.25, -0.2) is 0 Å². The molecule has 0 N–H and O–H groups in total. The average Bonchev–Trinajstić information content (AvgIpc) is 1.37. The summed E-state index contributed by atoms with van der Waals surface area (Å²) < 4.78 is 2.85. The van der Waals surface area contributed by atoms with Crippen molar-refractivity contribution in [2.45, 2.75) is 0 Å². The zero-order valence-electron chi connectivity index (χ0n) is 1.78. The fraction of sp³-hybridized carbons (Fsp3) is 0. The van der Waals surface area contributed by atoms with E-state index >= 15 is 0 Å². The minimum atomic E-state index is 0.988. The molecule has 0 unspecified atom stereocenters. The van der Waals surface area contributed by atoms with Crippen LogP contribution in [0.2, 0.25) is 0 Å². The fourth-order valence-corrected chi connectivity index (χ4v) is 0. The SMILES string of the molecule is Cl/C=N/Cl. The first-order valence-electron chi connectivity index (χ1n) is 0.645. The highest BCUT2D eigenvalue weighted by Gasteiger charge is 1.39. The Balaban J connectivity index is 2.55. The van der Waals surface area contributed by atoms with E-state index in [2.05, 4.69) is 16.3 Å². The number of hydrogen-bond donors (Lipinski definition) is 0. The lowest BCUT2D eigenvalue weighted by Gasteiger charge is -1.45. The van der Waals surface area contributed by atoms with Crippen molar-refractivity contribution >= 4 is 29.1 Å². The van der Waals surface area contributed by atoms with Crippen LogP contribution in [0.3, 0.4) is 0 Å². The maximum Gasteiger partial charge on any atom is 0.107 e. The van der Waals surface area contributed by atoms with E-state index in [-0.39, 0.29) is 0 Å². The lowest BCUT2D eigenvalue weighted by molar-refractivity contribution is 1.99. The first-order valence-corrected chi connectivity index (χ1v) is 1.42. The predicted molar refractivity (Wildman–Crippen MR) is 20.2 cm³/mol. The smallest absolute Gasteiger partial charge is 0.107 e. The molecule has 0 aromatic carbocycles. The summed E-state index contributed by atoms with van der Waals surface area (Å²) in [5, 5.41) is 0. The van der Waals surface area contributed by atoms with Crippen molar-refractivity contribution in [2.75, 3.05) is 0 Å². The van der Waals surface area contributed by atoms with Gasteiger partial charge in [-0.2, -0.15) is 4.51 Å². The summed E-state index contributed by atoms with van der Waals surface area (Å²) in [5.74, 6) is 0. The van der Waals surface area contributed by atoms with Crippen molar-refractivity contribution in [1.82, 2.24) is 0 Å². The fourth-order valence-electron chi connectivity index (χ4n) is 0. The van der Waals surface area contributed by atoms with Gasteiger partial charge in [0, 0.05) is 11.8 Å². The lowest BCUT2D eigenvalue weighted by Crippen LogP contribution is -1.29. The largest absolute Gasteiger partial charge is 0.174 e. The summed E-state index contributed by atoms with van der Waals surface area (Å²) in [5.41, 5.74) is 0.988. The van der Waals surface area contributed by atoms with Gasteiger partial charge >= 0.3 is 0 Å². The van der Waals surface area contributed by atoms with Crippen LogP contribution in [0.25, 0.3) is 0 Å². The topological polar surface area (TPSA) is 12.4 Å². The lowest BCUT2D eigenvalue weighted by atomic mass is 11.7. The Bertz CT molecular complexity index is 21.2. The summed E-state index contributed by atoms with van der Waals surface area (Å²) in [6.07, 6.45) is 0. The molecule has 3 heteroatoms. The van der Waals surface area contributed by atoms with E-state index in [0.717, 1.165) is 5.67 Å². The second kappa shape index (κ2) is 3.25. The van der Waals surface area contributed by atoms with Gasteiger partial charge in [0.1, 0.15) is 5.67 Å². The van der Waals surface area contributed by atoms with E-state index < -0.39 is 0 Å². The van der Waals surface area contributed by atoms with Gasteiger partial charge in [-0.05, 0) is 0 Å². The van der Waals surface area contributed by atoms with E-state index in [1.54, 1.807) is 0 Å². The third-order valence-corrected chi connectivity index (χ3v) is 0.332. The van der Waals surface area contributed by atoms with Crippen molar-refractivity contribution in [3.05, 3.63) is 0 Å². The molecule has 0 bridgehead atoms. The Morgan fingerprint density at radius 1 is 1.75 bits per heavy atom. The first-order chi connectivity index (χ1) is 1.91. The van der Waals surface area contributed by atoms with Crippen molar-refractivity contribution in [1.29, 1.82) is 0 Å². The molecule has 0 radical (unpaired) electrons. The standard InChI is InChI=1S/CHCl2N/c2-1-4-3/h1H/b4-1+. The van der Waals surface area contributed by atoms with Crippen LogP contribution >= 0.6 is 23.4 Å². The van der Waals surface area contributed by atoms with Gasteiger partial charge in [0.25, 0.3) is 0 Å². The second-order valence-corrected chi connectivity index (χ2v) is 0.586. The van der Waals surface area contributed by atoms with E-state index in [4.69, 9.17) is 11.6 Å². The Kier molecular flexibility index (Phi) is 3.45. The molecule has 0 fully saturated rings. The minimum absolute atomic E-state index is 0.988. The van der Waals surface area contributed by atoms with Crippen LogP contribution in [0.5, 0.6) is 0 Å². The molecule has 0 spiro atoms. The second-order valence-electron chi connectivity index (χ2n) is 0.195. The highest BCUT2D eigenvalue weighted by Crippen LogP contribution is 1.69. The van der Waals surface area contributed by atoms with Gasteiger partial charge < -0.3 is 0 Å². The summed E-state index contributed by atoms with van der Waals surface area (Å²) in [6, 6.07) is 0. The minimum Gasteiger partial charge on any atom is -0.174 e. The molecule has 0 heterocycles. The van der Waals surface area contributed by atoms with Crippen LogP contribution in [0.4, 0.5) is 0 Å². The molecule has 0 aromatic heterocycles. The molecule has 0 aromatic rings. The Labute approximate surface area is 34.4 Å². The van der Waals surface area contributed by atoms with Gasteiger partial charge in [-0.15, -0.1) is 0 Å². The van der Waals surface area contributed by atoms with Gasteiger partial charge in [0.2, 0.25) is 0 Å². The van der Waals surface area contributed by atoms with Gasteiger partial charge in [0.15, 0.2) is 0 Å². The number of halogens is 2. The highest BCUT2D eigenvalue weighted by molar-refractivity contribution is 6.58. The monoisotopic (exact) mass is 96.9 g/mol. The number of hydrogen-bond acceptors (Lipinski definition) is 1. The summed E-state index contributed by atoms with van der Waals surface area (Å²) in [6.45, 7) is 0. The van der Waals surface area contributed by atoms with Crippen molar-refractivity contribution < 1.29 is 0 Å². The van der Waals surface area contributed by atoms with Crippen LogP contribution in [-0.2, 0) is 0 Å². The molecule has 0 saturated carbocycles. The third-order valence-electron chi connectivity index (χ3n) is 0.0369. The van der Waals surface area contributed by atoms with Crippen molar-refractivity contribution in [3.63, 3.8) is 0 Å². The molecule has 1 nitrogen and oxygen atoms in total. The molecule has 0 aliphatic heterocycles. The highest BCUT2D eigenvalue weighted by atomic mass is 35.5. The zero-order valence-corrected chi connectivity index (χ0v) is 3.29. The van der Waals surface area contributed by atoms with Gasteiger partial charge in [0.05, 0.1) is 0 Å². The first kappa shape index (κ1) is 4.25. The molecule has 0 amide bonds. The maximum absolute atomic E-state index is 4.76. The molecule has 24 valence electrons. The molecule has 0 saturated heterocycles. The van der Waals surface area contributed by atoms with E-state index in [1.807, 2.05) is 0 Å². The number of rotatable bonds is 0. The predicted octanol–water partition coefficient (Wildman–Crippen LogP) is 1.41. The Hall–Kier alpha value is 0.250. The summed E-state index contributed by atoms with van der Waals surface area (Å²) in [4.78, 5) is 0. The summed E-state index contributed by atoms with van der Waals surface area (Å²) in [7, 11) is 0. The molecule has 0 aliphatic carbocycles. The number of nitrogens with zero attached hydrogens (tertiary/aromatic N) is 1.